The number of pyridine rings is 1. The number of benzene rings is 3. The lowest BCUT2D eigenvalue weighted by Gasteiger charge is -2.12. The molecule has 210 valence electrons. The van der Waals surface area contributed by atoms with Crippen molar-refractivity contribution in [3.63, 3.8) is 0 Å². The number of fused-ring (bicyclic) bond motifs is 1. The van der Waals surface area contributed by atoms with Crippen LogP contribution in [0.2, 0.25) is 5.02 Å². The molecule has 0 amide bonds. The van der Waals surface area contributed by atoms with Crippen LogP contribution in [0.3, 0.4) is 0 Å². The van der Waals surface area contributed by atoms with Crippen molar-refractivity contribution < 1.29 is 28.5 Å². The van der Waals surface area contributed by atoms with Gasteiger partial charge < -0.3 is 23.9 Å². The van der Waals surface area contributed by atoms with E-state index in [-0.39, 0.29) is 18.6 Å². The number of aromatic nitrogens is 3. The summed E-state index contributed by atoms with van der Waals surface area (Å²) in [4.78, 5) is 20.7. The predicted octanol–water partition coefficient (Wildman–Crippen LogP) is 6.41. The van der Waals surface area contributed by atoms with E-state index in [1.807, 2.05) is 10.6 Å². The van der Waals surface area contributed by atoms with Crippen LogP contribution < -0.4 is 9.47 Å². The molecule has 0 aliphatic rings. The van der Waals surface area contributed by atoms with E-state index in [0.29, 0.717) is 63.5 Å². The van der Waals surface area contributed by atoms with E-state index in [9.17, 15) is 9.90 Å². The van der Waals surface area contributed by atoms with Crippen LogP contribution in [0.5, 0.6) is 11.6 Å². The first-order valence-electron chi connectivity index (χ1n) is 12.8. The summed E-state index contributed by atoms with van der Waals surface area (Å²) in [5, 5.41) is 9.98. The van der Waals surface area contributed by atoms with Crippen LogP contribution >= 0.6 is 11.6 Å². The molecule has 0 saturated carbocycles. The van der Waals surface area contributed by atoms with Crippen molar-refractivity contribution in [3.8, 4) is 22.9 Å². The number of ether oxygens (including phenoxy) is 3. The molecular weight excluding hydrogens is 549 g/mol. The highest BCUT2D eigenvalue weighted by molar-refractivity contribution is 6.30. The van der Waals surface area contributed by atoms with Crippen LogP contribution in [-0.2, 0) is 24.3 Å². The average molecular weight is 576 g/mol. The lowest BCUT2D eigenvalue weighted by Crippen LogP contribution is -2.10. The van der Waals surface area contributed by atoms with E-state index in [0.717, 1.165) is 5.56 Å². The van der Waals surface area contributed by atoms with Gasteiger partial charge in [-0.05, 0) is 48.0 Å². The first-order valence-corrected chi connectivity index (χ1v) is 13.2. The fraction of sp³-hybridized carbons (Fsp3) is 0.194. The Hall–Kier alpha value is -4.47. The molecule has 10 heteroatoms. The zero-order chi connectivity index (χ0) is 28.9. The molecule has 0 fully saturated rings. The second kappa shape index (κ2) is 12.4. The number of rotatable bonds is 11. The normalized spacial score (nSPS) is 11.1. The van der Waals surface area contributed by atoms with Crippen molar-refractivity contribution in [1.82, 2.24) is 14.5 Å². The Morgan fingerprint density at radius 1 is 1.00 bits per heavy atom. The monoisotopic (exact) mass is 575 g/mol. The third-order valence-electron chi connectivity index (χ3n) is 6.64. The molecule has 0 bridgehead atoms. The Morgan fingerprint density at radius 2 is 1.83 bits per heavy atom. The summed E-state index contributed by atoms with van der Waals surface area (Å²) in [6.07, 6.45) is 0.215. The highest BCUT2D eigenvalue weighted by Gasteiger charge is 2.16. The van der Waals surface area contributed by atoms with E-state index in [2.05, 4.69) is 9.97 Å². The predicted molar refractivity (Wildman–Crippen MR) is 153 cm³/mol. The largest absolute Gasteiger partial charge is 0.496 e. The molecule has 0 aliphatic heterocycles. The van der Waals surface area contributed by atoms with Crippen molar-refractivity contribution >= 4 is 28.6 Å². The van der Waals surface area contributed by atoms with Crippen LogP contribution in [-0.4, -0.2) is 46.4 Å². The van der Waals surface area contributed by atoms with Crippen LogP contribution in [0.1, 0.15) is 27.3 Å². The zero-order valence-corrected chi connectivity index (χ0v) is 23.2. The van der Waals surface area contributed by atoms with E-state index >= 15 is 4.39 Å². The third kappa shape index (κ3) is 6.32. The highest BCUT2D eigenvalue weighted by Crippen LogP contribution is 2.27. The Balaban J connectivity index is 1.37. The Bertz CT molecular complexity index is 1720. The van der Waals surface area contributed by atoms with Gasteiger partial charge in [-0.3, -0.25) is 0 Å². The average Bonchev–Trinajstić information content (AvgIpc) is 3.32. The van der Waals surface area contributed by atoms with Gasteiger partial charge in [-0.25, -0.2) is 19.2 Å². The quantitative estimate of drug-likeness (QED) is 0.194. The van der Waals surface area contributed by atoms with Gasteiger partial charge in [-0.1, -0.05) is 35.9 Å². The smallest absolute Gasteiger partial charge is 0.335 e. The molecule has 41 heavy (non-hydrogen) atoms. The maximum atomic E-state index is 15.4. The maximum Gasteiger partial charge on any atom is 0.335 e. The van der Waals surface area contributed by atoms with Crippen molar-refractivity contribution in [1.29, 1.82) is 0 Å². The molecule has 1 N–H and O–H groups in total. The second-order valence-corrected chi connectivity index (χ2v) is 9.71. The molecule has 0 atom stereocenters. The van der Waals surface area contributed by atoms with Gasteiger partial charge in [0.05, 0.1) is 36.0 Å². The van der Waals surface area contributed by atoms with E-state index in [1.54, 1.807) is 68.8 Å². The fourth-order valence-corrected chi connectivity index (χ4v) is 4.70. The minimum atomic E-state index is -1.03. The summed E-state index contributed by atoms with van der Waals surface area (Å²) in [7, 11) is 3.15. The number of methoxy groups -OCH3 is 2. The van der Waals surface area contributed by atoms with Gasteiger partial charge in [0.2, 0.25) is 5.88 Å². The number of carboxylic acids is 1. The standard InChI is InChI=1S/C31H27ClFN3O5/c1-39-13-12-36-27-15-21(31(37)38)9-11-26(27)34-29(36)16-19-6-7-20(14-24(19)33)25-4-3-5-30(35-25)41-18-22-8-10-23(32)17-28(22)40-2/h3-11,14-15,17H,12-13,16,18H2,1-2H3,(H,37,38). The SMILES string of the molecule is COCCn1c(Cc2ccc(-c3cccc(OCc4ccc(Cl)cc4OC)n3)cc2F)nc2ccc(C(=O)O)cc21. The van der Waals surface area contributed by atoms with Gasteiger partial charge >= 0.3 is 5.97 Å². The van der Waals surface area contributed by atoms with E-state index < -0.39 is 11.8 Å². The van der Waals surface area contributed by atoms with E-state index in [1.165, 1.54) is 12.1 Å². The number of hydrogen-bond acceptors (Lipinski definition) is 6. The molecular formula is C31H27ClFN3O5. The minimum Gasteiger partial charge on any atom is -0.496 e. The van der Waals surface area contributed by atoms with Gasteiger partial charge in [-0.2, -0.15) is 0 Å². The topological polar surface area (TPSA) is 95.7 Å². The number of halogens is 2. The Labute approximate surface area is 240 Å². The summed E-state index contributed by atoms with van der Waals surface area (Å²) >= 11 is 6.04. The summed E-state index contributed by atoms with van der Waals surface area (Å²) in [5.41, 5.74) is 3.87. The molecule has 5 aromatic rings. The molecule has 0 spiro atoms. The van der Waals surface area contributed by atoms with Gasteiger partial charge in [0.15, 0.2) is 0 Å². The van der Waals surface area contributed by atoms with Crippen LogP contribution in [0, 0.1) is 5.82 Å². The number of carbonyl (C=O) groups is 1. The highest BCUT2D eigenvalue weighted by atomic mass is 35.5. The molecule has 0 radical (unpaired) electrons. The van der Waals surface area contributed by atoms with Crippen LogP contribution in [0.25, 0.3) is 22.3 Å². The number of hydrogen-bond donors (Lipinski definition) is 1. The number of nitrogens with zero attached hydrogens (tertiary/aromatic N) is 3. The third-order valence-corrected chi connectivity index (χ3v) is 6.87. The van der Waals surface area contributed by atoms with Gasteiger partial charge in [0, 0.05) is 42.3 Å². The fourth-order valence-electron chi connectivity index (χ4n) is 4.54. The molecule has 5 rings (SSSR count). The Morgan fingerprint density at radius 3 is 2.59 bits per heavy atom. The first kappa shape index (κ1) is 28.1. The maximum absolute atomic E-state index is 15.4. The molecule has 8 nitrogen and oxygen atoms in total. The second-order valence-electron chi connectivity index (χ2n) is 9.27. The van der Waals surface area contributed by atoms with Crippen molar-refractivity contribution in [2.24, 2.45) is 0 Å². The molecule has 0 unspecified atom stereocenters. The number of aromatic carboxylic acids is 1. The van der Waals surface area contributed by atoms with Crippen LogP contribution in [0.4, 0.5) is 4.39 Å². The van der Waals surface area contributed by atoms with Gasteiger partial charge in [0.25, 0.3) is 0 Å². The van der Waals surface area contributed by atoms with E-state index in [4.69, 9.17) is 25.8 Å². The van der Waals surface area contributed by atoms with Gasteiger partial charge in [0.1, 0.15) is 24.0 Å². The molecule has 2 heterocycles. The zero-order valence-electron chi connectivity index (χ0n) is 22.4. The Kier molecular flexibility index (Phi) is 8.47. The summed E-state index contributed by atoms with van der Waals surface area (Å²) in [5.74, 6) is 0.179. The van der Waals surface area contributed by atoms with Crippen molar-refractivity contribution in [2.75, 3.05) is 20.8 Å². The van der Waals surface area contributed by atoms with Crippen molar-refractivity contribution in [3.05, 3.63) is 106 Å². The van der Waals surface area contributed by atoms with Crippen molar-refractivity contribution in [2.45, 2.75) is 19.6 Å². The lowest BCUT2D eigenvalue weighted by molar-refractivity contribution is 0.0697. The minimum absolute atomic E-state index is 0.157. The summed E-state index contributed by atoms with van der Waals surface area (Å²) in [6.45, 7) is 1.07. The first-order chi connectivity index (χ1) is 19.9. The molecule has 0 aliphatic carbocycles. The number of imidazole rings is 1. The summed E-state index contributed by atoms with van der Waals surface area (Å²) < 4.78 is 33.8. The summed E-state index contributed by atoms with van der Waals surface area (Å²) in [6, 6.07) is 20.3. The number of carboxylic acid groups (broad SMARTS) is 1. The molecule has 0 saturated heterocycles. The van der Waals surface area contributed by atoms with Gasteiger partial charge in [-0.15, -0.1) is 0 Å². The molecule has 2 aromatic heterocycles. The van der Waals surface area contributed by atoms with Crippen LogP contribution in [0.15, 0.2) is 72.8 Å². The molecule has 3 aromatic carbocycles. The lowest BCUT2D eigenvalue weighted by atomic mass is 10.1.